The number of amides is 2. The third-order valence-corrected chi connectivity index (χ3v) is 8.18. The van der Waals surface area contributed by atoms with Gasteiger partial charge >= 0.3 is 6.18 Å². The number of rotatable bonds is 9. The molecule has 0 aliphatic heterocycles. The van der Waals surface area contributed by atoms with Gasteiger partial charge in [-0.3, -0.25) is 14.3 Å². The summed E-state index contributed by atoms with van der Waals surface area (Å²) in [5.41, 5.74) is 1.79. The highest BCUT2D eigenvalue weighted by atomic mass is 19.4. The van der Waals surface area contributed by atoms with E-state index in [-0.39, 0.29) is 37.5 Å². The van der Waals surface area contributed by atoms with E-state index in [4.69, 9.17) is 0 Å². The Morgan fingerprint density at radius 3 is 2.39 bits per heavy atom. The second kappa shape index (κ2) is 11.4. The van der Waals surface area contributed by atoms with Crippen molar-refractivity contribution in [2.24, 2.45) is 18.9 Å². The molecule has 9 nitrogen and oxygen atoms in total. The topological polar surface area (TPSA) is 106 Å². The number of aryl methyl sites for hydroxylation is 1. The number of aromatic nitrogens is 5. The molecule has 2 N–H and O–H groups in total. The zero-order chi connectivity index (χ0) is 29.4. The van der Waals surface area contributed by atoms with Gasteiger partial charge in [0, 0.05) is 32.5 Å². The fraction of sp³-hybridized carbons (Fsp3) is 0.593. The molecule has 3 heterocycles. The molecular formula is C27H32F5N7O2. The number of hydrogen-bond donors (Lipinski definition) is 2. The lowest BCUT2D eigenvalue weighted by molar-refractivity contribution is -0.144. The molecule has 2 fully saturated rings. The number of imidazole rings is 1. The van der Waals surface area contributed by atoms with Gasteiger partial charge in [-0.25, -0.2) is 18.3 Å². The highest BCUT2D eigenvalue weighted by Crippen LogP contribution is 2.42. The van der Waals surface area contributed by atoms with E-state index in [9.17, 15) is 31.5 Å². The lowest BCUT2D eigenvalue weighted by Crippen LogP contribution is -2.38. The van der Waals surface area contributed by atoms with E-state index in [0.717, 1.165) is 19.3 Å². The molecule has 5 rings (SSSR count). The monoisotopic (exact) mass is 581 g/mol. The molecule has 2 aliphatic carbocycles. The van der Waals surface area contributed by atoms with Gasteiger partial charge in [0.1, 0.15) is 5.69 Å². The third-order valence-electron chi connectivity index (χ3n) is 8.18. The number of carbonyl (C=O) groups excluding carboxylic acids is 2. The summed E-state index contributed by atoms with van der Waals surface area (Å²) in [5.74, 6) is -4.06. The number of carbonyl (C=O) groups is 2. The molecule has 222 valence electrons. The van der Waals surface area contributed by atoms with E-state index in [1.54, 1.807) is 31.6 Å². The average molecular weight is 582 g/mol. The SMILES string of the molecule is Cn1nccc1C(=O)N[C@H](c1cn2ncc([C@H](NC(=O)CCC(F)(F)F)C3CCC3)cc2n1)C1CCC(F)(F)CC1. The van der Waals surface area contributed by atoms with E-state index in [1.165, 1.54) is 15.4 Å². The standard InChI is InChI=1S/C27H32F5N7O2/c1-38-20(8-12-33-38)25(41)37-24(17-5-9-26(28,29)10-6-17)19-15-39-21(35-19)13-18(14-34-39)23(16-3-2-4-16)36-22(40)7-11-27(30,31)32/h8,12-17,23-24H,2-7,9-11H2,1H3,(H,36,40)(H,37,41)/t23-,24+/m1/s1. The van der Waals surface area contributed by atoms with Crippen molar-refractivity contribution in [1.82, 2.24) is 35.0 Å². The summed E-state index contributed by atoms with van der Waals surface area (Å²) in [4.78, 5) is 30.1. The Morgan fingerprint density at radius 2 is 1.78 bits per heavy atom. The quantitative estimate of drug-likeness (QED) is 0.344. The smallest absolute Gasteiger partial charge is 0.349 e. The van der Waals surface area contributed by atoms with Crippen LogP contribution < -0.4 is 10.6 Å². The summed E-state index contributed by atoms with van der Waals surface area (Å²) in [7, 11) is 1.63. The normalized spacial score (nSPS) is 19.5. The van der Waals surface area contributed by atoms with Crippen LogP contribution in [0, 0.1) is 11.8 Å². The first-order valence-corrected chi connectivity index (χ1v) is 13.8. The molecule has 2 aliphatic rings. The Labute approximate surface area is 232 Å². The fourth-order valence-electron chi connectivity index (χ4n) is 5.62. The summed E-state index contributed by atoms with van der Waals surface area (Å²) in [6, 6.07) is 2.10. The van der Waals surface area contributed by atoms with Gasteiger partial charge in [0.05, 0.1) is 36.6 Å². The van der Waals surface area contributed by atoms with Crippen LogP contribution in [-0.4, -0.2) is 48.3 Å². The Morgan fingerprint density at radius 1 is 1.07 bits per heavy atom. The number of alkyl halides is 5. The van der Waals surface area contributed by atoms with Crippen LogP contribution in [0.15, 0.2) is 30.7 Å². The maximum Gasteiger partial charge on any atom is 0.389 e. The van der Waals surface area contributed by atoms with E-state index < -0.39 is 48.8 Å². The molecule has 0 saturated heterocycles. The molecule has 2 atom stereocenters. The third kappa shape index (κ3) is 6.84. The zero-order valence-electron chi connectivity index (χ0n) is 22.5. The Hall–Kier alpha value is -3.58. The van der Waals surface area contributed by atoms with Gasteiger partial charge in [0.15, 0.2) is 5.65 Å². The number of fused-ring (bicyclic) bond motifs is 1. The summed E-state index contributed by atoms with van der Waals surface area (Å²) < 4.78 is 68.7. The summed E-state index contributed by atoms with van der Waals surface area (Å²) in [6.07, 6.45) is 0.822. The molecule has 3 aromatic rings. The lowest BCUT2D eigenvalue weighted by atomic mass is 9.77. The van der Waals surface area contributed by atoms with Crippen LogP contribution in [0.4, 0.5) is 22.0 Å². The predicted molar refractivity (Wildman–Crippen MR) is 137 cm³/mol. The molecule has 2 amide bonds. The zero-order valence-corrected chi connectivity index (χ0v) is 22.5. The molecule has 0 radical (unpaired) electrons. The van der Waals surface area contributed by atoms with E-state index in [1.807, 2.05) is 0 Å². The molecule has 3 aromatic heterocycles. The molecule has 0 unspecified atom stereocenters. The number of halogens is 5. The van der Waals surface area contributed by atoms with Crippen molar-refractivity contribution >= 4 is 17.5 Å². The van der Waals surface area contributed by atoms with Crippen molar-refractivity contribution in [3.05, 3.63) is 47.7 Å². The highest BCUT2D eigenvalue weighted by molar-refractivity contribution is 5.92. The Balaban J connectivity index is 1.40. The summed E-state index contributed by atoms with van der Waals surface area (Å²) in [5, 5.41) is 14.2. The van der Waals surface area contributed by atoms with Gasteiger partial charge in [-0.15, -0.1) is 0 Å². The van der Waals surface area contributed by atoms with E-state index in [2.05, 4.69) is 25.8 Å². The first-order valence-electron chi connectivity index (χ1n) is 13.8. The van der Waals surface area contributed by atoms with Crippen LogP contribution in [0.2, 0.25) is 0 Å². The molecule has 2 saturated carbocycles. The van der Waals surface area contributed by atoms with Crippen molar-refractivity contribution in [2.75, 3.05) is 0 Å². The predicted octanol–water partition coefficient (Wildman–Crippen LogP) is 5.06. The van der Waals surface area contributed by atoms with Crippen molar-refractivity contribution in [3.8, 4) is 0 Å². The maximum absolute atomic E-state index is 14.0. The molecule has 14 heteroatoms. The number of nitrogens with zero attached hydrogens (tertiary/aromatic N) is 5. The number of nitrogens with one attached hydrogen (secondary N) is 2. The Bertz CT molecular complexity index is 1390. The fourth-order valence-corrected chi connectivity index (χ4v) is 5.62. The van der Waals surface area contributed by atoms with Crippen LogP contribution in [0.5, 0.6) is 0 Å². The van der Waals surface area contributed by atoms with Gasteiger partial charge in [0.2, 0.25) is 11.8 Å². The van der Waals surface area contributed by atoms with Crippen LogP contribution in [-0.2, 0) is 11.8 Å². The highest BCUT2D eigenvalue weighted by Gasteiger charge is 2.40. The van der Waals surface area contributed by atoms with Gasteiger partial charge in [0.25, 0.3) is 5.91 Å². The summed E-state index contributed by atoms with van der Waals surface area (Å²) in [6.45, 7) is 0. The average Bonchev–Trinajstić information content (AvgIpc) is 3.50. The van der Waals surface area contributed by atoms with Gasteiger partial charge in [-0.05, 0) is 55.2 Å². The molecule has 0 aromatic carbocycles. The second-order valence-corrected chi connectivity index (χ2v) is 11.1. The van der Waals surface area contributed by atoms with Crippen LogP contribution in [0.25, 0.3) is 5.65 Å². The first kappa shape index (κ1) is 28.9. The molecule has 0 bridgehead atoms. The van der Waals surface area contributed by atoms with Gasteiger partial charge in [-0.2, -0.15) is 23.4 Å². The minimum absolute atomic E-state index is 0.0679. The van der Waals surface area contributed by atoms with E-state index >= 15 is 0 Å². The van der Waals surface area contributed by atoms with Crippen molar-refractivity contribution < 1.29 is 31.5 Å². The Kier molecular flexibility index (Phi) is 8.02. The van der Waals surface area contributed by atoms with Crippen molar-refractivity contribution in [1.29, 1.82) is 0 Å². The van der Waals surface area contributed by atoms with Crippen molar-refractivity contribution in [3.63, 3.8) is 0 Å². The maximum atomic E-state index is 14.0. The minimum Gasteiger partial charge on any atom is -0.349 e. The first-order chi connectivity index (χ1) is 19.4. The molecule has 41 heavy (non-hydrogen) atoms. The second-order valence-electron chi connectivity index (χ2n) is 11.1. The van der Waals surface area contributed by atoms with Crippen LogP contribution in [0.3, 0.4) is 0 Å². The molecule has 0 spiro atoms. The molecular weight excluding hydrogens is 549 g/mol. The minimum atomic E-state index is -4.42. The largest absolute Gasteiger partial charge is 0.389 e. The van der Waals surface area contributed by atoms with E-state index in [0.29, 0.717) is 22.6 Å². The van der Waals surface area contributed by atoms with Crippen molar-refractivity contribution in [2.45, 2.75) is 82.0 Å². The van der Waals surface area contributed by atoms with Gasteiger partial charge in [-0.1, -0.05) is 6.42 Å². The van der Waals surface area contributed by atoms with Crippen LogP contribution in [0.1, 0.15) is 91.6 Å². The summed E-state index contributed by atoms with van der Waals surface area (Å²) >= 11 is 0. The van der Waals surface area contributed by atoms with Crippen LogP contribution >= 0.6 is 0 Å². The lowest BCUT2D eigenvalue weighted by Gasteiger charge is -2.34. The van der Waals surface area contributed by atoms with Gasteiger partial charge < -0.3 is 10.6 Å². The number of hydrogen-bond acceptors (Lipinski definition) is 5.